The molecule has 0 saturated carbocycles. The molecular formula is C17H15N5. The van der Waals surface area contributed by atoms with Crippen molar-refractivity contribution in [3.63, 3.8) is 0 Å². The number of hydrogen-bond donors (Lipinski definition) is 1. The SMILES string of the molecule is Cc1ccc([C@H]2C=C(c3cccnc3)Nc3ncnn32)cc1. The van der Waals surface area contributed by atoms with Crippen LogP contribution in [0, 0.1) is 6.92 Å². The van der Waals surface area contributed by atoms with Crippen molar-refractivity contribution in [3.05, 3.63) is 77.9 Å². The zero-order valence-electron chi connectivity index (χ0n) is 12.1. The average molecular weight is 289 g/mol. The lowest BCUT2D eigenvalue weighted by molar-refractivity contribution is 0.612. The van der Waals surface area contributed by atoms with E-state index in [0.29, 0.717) is 0 Å². The molecule has 3 aromatic rings. The number of aromatic nitrogens is 4. The van der Waals surface area contributed by atoms with Gasteiger partial charge in [-0.1, -0.05) is 29.8 Å². The Bertz CT molecular complexity index is 818. The second-order valence-corrected chi connectivity index (χ2v) is 5.33. The van der Waals surface area contributed by atoms with E-state index in [2.05, 4.69) is 57.6 Å². The topological polar surface area (TPSA) is 55.6 Å². The Balaban J connectivity index is 1.81. The van der Waals surface area contributed by atoms with Crippen molar-refractivity contribution in [2.24, 2.45) is 0 Å². The zero-order valence-corrected chi connectivity index (χ0v) is 12.1. The van der Waals surface area contributed by atoms with E-state index in [1.54, 1.807) is 12.5 Å². The summed E-state index contributed by atoms with van der Waals surface area (Å²) in [6.45, 7) is 2.09. The van der Waals surface area contributed by atoms with Crippen LogP contribution in [0.15, 0.2) is 61.2 Å². The Hall–Kier alpha value is -2.95. The Labute approximate surface area is 128 Å². The smallest absolute Gasteiger partial charge is 0.226 e. The largest absolute Gasteiger partial charge is 0.324 e. The second-order valence-electron chi connectivity index (χ2n) is 5.33. The molecule has 5 heteroatoms. The van der Waals surface area contributed by atoms with Crippen LogP contribution >= 0.6 is 0 Å². The lowest BCUT2D eigenvalue weighted by Gasteiger charge is -2.24. The van der Waals surface area contributed by atoms with Crippen LogP contribution in [0.1, 0.15) is 22.7 Å². The summed E-state index contributed by atoms with van der Waals surface area (Å²) in [6, 6.07) is 12.5. The zero-order chi connectivity index (χ0) is 14.9. The number of rotatable bonds is 2. The molecule has 0 unspecified atom stereocenters. The molecule has 1 aromatic carbocycles. The molecule has 0 amide bonds. The predicted molar refractivity (Wildman–Crippen MR) is 85.2 cm³/mol. The highest BCUT2D eigenvalue weighted by Gasteiger charge is 2.23. The van der Waals surface area contributed by atoms with Crippen LogP contribution in [0.3, 0.4) is 0 Å². The third-order valence-corrected chi connectivity index (χ3v) is 3.80. The fourth-order valence-corrected chi connectivity index (χ4v) is 2.63. The van der Waals surface area contributed by atoms with E-state index in [1.807, 2.05) is 23.0 Å². The highest BCUT2D eigenvalue weighted by molar-refractivity contribution is 5.76. The van der Waals surface area contributed by atoms with Gasteiger partial charge in [0.1, 0.15) is 12.4 Å². The van der Waals surface area contributed by atoms with Gasteiger partial charge in [-0.05, 0) is 30.7 Å². The van der Waals surface area contributed by atoms with Crippen LogP contribution in [0.5, 0.6) is 0 Å². The number of hydrogen-bond acceptors (Lipinski definition) is 4. The first kappa shape index (κ1) is 12.8. The number of fused-ring (bicyclic) bond motifs is 1. The number of benzene rings is 1. The van der Waals surface area contributed by atoms with Gasteiger partial charge in [-0.3, -0.25) is 4.98 Å². The van der Waals surface area contributed by atoms with Crippen molar-refractivity contribution >= 4 is 11.6 Å². The van der Waals surface area contributed by atoms with Crippen molar-refractivity contribution in [1.29, 1.82) is 0 Å². The van der Waals surface area contributed by atoms with Crippen molar-refractivity contribution in [2.45, 2.75) is 13.0 Å². The molecule has 0 saturated heterocycles. The van der Waals surface area contributed by atoms with Crippen LogP contribution in [0.25, 0.3) is 5.70 Å². The third-order valence-electron chi connectivity index (χ3n) is 3.80. The number of pyridine rings is 1. The van der Waals surface area contributed by atoms with Crippen LogP contribution in [-0.2, 0) is 0 Å². The molecule has 1 atom stereocenters. The molecule has 3 heterocycles. The van der Waals surface area contributed by atoms with Gasteiger partial charge in [-0.2, -0.15) is 10.1 Å². The quantitative estimate of drug-likeness (QED) is 0.788. The number of allylic oxidation sites excluding steroid dienone is 1. The lowest BCUT2D eigenvalue weighted by atomic mass is 10.0. The minimum Gasteiger partial charge on any atom is -0.324 e. The highest BCUT2D eigenvalue weighted by atomic mass is 15.4. The maximum atomic E-state index is 4.35. The van der Waals surface area contributed by atoms with Gasteiger partial charge in [0.15, 0.2) is 0 Å². The van der Waals surface area contributed by atoms with E-state index >= 15 is 0 Å². The maximum absolute atomic E-state index is 4.35. The molecule has 5 nitrogen and oxygen atoms in total. The van der Waals surface area contributed by atoms with Gasteiger partial charge in [-0.25, -0.2) is 4.68 Å². The van der Waals surface area contributed by atoms with Crippen LogP contribution < -0.4 is 5.32 Å². The molecule has 1 aliphatic heterocycles. The molecule has 0 bridgehead atoms. The molecule has 0 radical (unpaired) electrons. The van der Waals surface area contributed by atoms with Gasteiger partial charge in [0.05, 0.1) is 0 Å². The second kappa shape index (κ2) is 5.11. The fourth-order valence-electron chi connectivity index (χ4n) is 2.63. The Kier molecular flexibility index (Phi) is 2.96. The van der Waals surface area contributed by atoms with Gasteiger partial charge in [-0.15, -0.1) is 0 Å². The molecule has 22 heavy (non-hydrogen) atoms. The Morgan fingerprint density at radius 1 is 1.14 bits per heavy atom. The van der Waals surface area contributed by atoms with E-state index in [0.717, 1.165) is 17.2 Å². The summed E-state index contributed by atoms with van der Waals surface area (Å²) in [5.41, 5.74) is 4.46. The summed E-state index contributed by atoms with van der Waals surface area (Å²) in [5, 5.41) is 7.66. The number of aryl methyl sites for hydroxylation is 1. The van der Waals surface area contributed by atoms with Crippen molar-refractivity contribution in [3.8, 4) is 0 Å². The van der Waals surface area contributed by atoms with Crippen LogP contribution in [-0.4, -0.2) is 19.7 Å². The Morgan fingerprint density at radius 3 is 2.77 bits per heavy atom. The molecule has 0 aliphatic carbocycles. The summed E-state index contributed by atoms with van der Waals surface area (Å²) in [4.78, 5) is 8.49. The van der Waals surface area contributed by atoms with Gasteiger partial charge < -0.3 is 5.32 Å². The van der Waals surface area contributed by atoms with Gasteiger partial charge in [0.2, 0.25) is 5.95 Å². The first-order chi connectivity index (χ1) is 10.8. The Morgan fingerprint density at radius 2 is 2.00 bits per heavy atom. The number of anilines is 1. The summed E-state index contributed by atoms with van der Waals surface area (Å²) in [5.74, 6) is 0.743. The third kappa shape index (κ3) is 2.16. The predicted octanol–water partition coefficient (Wildman–Crippen LogP) is 3.04. The number of nitrogens with zero attached hydrogens (tertiary/aromatic N) is 4. The van der Waals surface area contributed by atoms with Crippen molar-refractivity contribution in [1.82, 2.24) is 19.7 Å². The first-order valence-electron chi connectivity index (χ1n) is 7.16. The van der Waals surface area contributed by atoms with E-state index in [9.17, 15) is 0 Å². The standard InChI is InChI=1S/C17H15N5/c1-12-4-6-13(7-5-12)16-9-15(14-3-2-8-18-10-14)21-17-19-11-20-22(16)17/h2-11,16H,1H3,(H,19,20,21)/t16-/m1/s1. The summed E-state index contributed by atoms with van der Waals surface area (Å²) in [7, 11) is 0. The van der Waals surface area contributed by atoms with E-state index in [1.165, 1.54) is 11.1 Å². The van der Waals surface area contributed by atoms with Gasteiger partial charge in [0.25, 0.3) is 0 Å². The van der Waals surface area contributed by atoms with Crippen LogP contribution in [0.2, 0.25) is 0 Å². The van der Waals surface area contributed by atoms with Gasteiger partial charge in [0, 0.05) is 23.7 Å². The normalized spacial score (nSPS) is 16.6. The van der Waals surface area contributed by atoms with Crippen molar-refractivity contribution < 1.29 is 0 Å². The summed E-state index contributed by atoms with van der Waals surface area (Å²) in [6.07, 6.45) is 7.34. The van der Waals surface area contributed by atoms with Crippen molar-refractivity contribution in [2.75, 3.05) is 5.32 Å². The molecular weight excluding hydrogens is 274 g/mol. The molecule has 0 fully saturated rings. The summed E-state index contributed by atoms with van der Waals surface area (Å²) < 4.78 is 1.89. The monoisotopic (exact) mass is 289 g/mol. The molecule has 108 valence electrons. The van der Waals surface area contributed by atoms with E-state index in [4.69, 9.17) is 0 Å². The van der Waals surface area contributed by atoms with Gasteiger partial charge >= 0.3 is 0 Å². The minimum atomic E-state index is 0.0227. The molecule has 1 N–H and O–H groups in total. The highest BCUT2D eigenvalue weighted by Crippen LogP contribution is 2.31. The minimum absolute atomic E-state index is 0.0227. The summed E-state index contributed by atoms with van der Waals surface area (Å²) >= 11 is 0. The number of nitrogens with one attached hydrogen (secondary N) is 1. The molecule has 1 aliphatic rings. The first-order valence-corrected chi connectivity index (χ1v) is 7.16. The van der Waals surface area contributed by atoms with E-state index in [-0.39, 0.29) is 6.04 Å². The van der Waals surface area contributed by atoms with E-state index < -0.39 is 0 Å². The average Bonchev–Trinajstić information content (AvgIpc) is 3.04. The van der Waals surface area contributed by atoms with Crippen LogP contribution in [0.4, 0.5) is 5.95 Å². The fraction of sp³-hybridized carbons (Fsp3) is 0.118. The molecule has 2 aromatic heterocycles. The lowest BCUT2D eigenvalue weighted by Crippen LogP contribution is -2.20. The molecule has 0 spiro atoms. The molecule has 4 rings (SSSR count). The maximum Gasteiger partial charge on any atom is 0.226 e.